The number of phenols is 1. The second-order valence-corrected chi connectivity index (χ2v) is 6.82. The van der Waals surface area contributed by atoms with Crippen LogP contribution in [0.5, 0.6) is 11.5 Å². The van der Waals surface area contributed by atoms with Crippen molar-refractivity contribution >= 4 is 11.6 Å². The first-order valence-electron chi connectivity index (χ1n) is 8.79. The summed E-state index contributed by atoms with van der Waals surface area (Å²) in [7, 11) is 0. The van der Waals surface area contributed by atoms with Crippen LogP contribution in [-0.2, 0) is 10.2 Å². The fourth-order valence-corrected chi connectivity index (χ4v) is 3.83. The number of ether oxygens (including phenoxy) is 1. The first kappa shape index (κ1) is 18.9. The van der Waals surface area contributed by atoms with Crippen molar-refractivity contribution < 1.29 is 27.8 Å². The molecule has 0 saturated heterocycles. The van der Waals surface area contributed by atoms with E-state index in [1.54, 1.807) is 12.1 Å². The zero-order valence-electron chi connectivity index (χ0n) is 15.2. The number of amides is 1. The molecule has 0 spiro atoms. The van der Waals surface area contributed by atoms with Gasteiger partial charge in [-0.05, 0) is 47.9 Å². The molecular weight excluding hydrogens is 383 g/mol. The number of para-hydroxylation sites is 1. The van der Waals surface area contributed by atoms with Crippen molar-refractivity contribution in [2.45, 2.75) is 18.7 Å². The summed E-state index contributed by atoms with van der Waals surface area (Å²) < 4.78 is 41.5. The van der Waals surface area contributed by atoms with Gasteiger partial charge in [-0.15, -0.1) is 13.2 Å². The topological polar surface area (TPSA) is 58.6 Å². The van der Waals surface area contributed by atoms with Crippen LogP contribution in [0.15, 0.2) is 66.7 Å². The number of alkyl halides is 3. The van der Waals surface area contributed by atoms with Gasteiger partial charge in [0.25, 0.3) is 0 Å². The monoisotopic (exact) mass is 399 g/mol. The highest BCUT2D eigenvalue weighted by Gasteiger charge is 2.50. The van der Waals surface area contributed by atoms with E-state index in [2.05, 4.69) is 10.1 Å². The highest BCUT2D eigenvalue weighted by Crippen LogP contribution is 2.49. The van der Waals surface area contributed by atoms with E-state index in [-0.39, 0.29) is 17.4 Å². The normalized spacial score (nSPS) is 18.3. The van der Waals surface area contributed by atoms with Gasteiger partial charge in [-0.2, -0.15) is 0 Å². The summed E-state index contributed by atoms with van der Waals surface area (Å²) in [6.07, 6.45) is -4.80. The molecule has 1 atom stereocenters. The lowest BCUT2D eigenvalue weighted by molar-refractivity contribution is -0.274. The van der Waals surface area contributed by atoms with Crippen LogP contribution >= 0.6 is 0 Å². The number of carbonyl (C=O) groups excluding carboxylic acids is 1. The van der Waals surface area contributed by atoms with E-state index in [1.807, 2.05) is 25.1 Å². The molecule has 2 N–H and O–H groups in total. The van der Waals surface area contributed by atoms with E-state index in [9.17, 15) is 23.1 Å². The summed E-state index contributed by atoms with van der Waals surface area (Å²) >= 11 is 0. The van der Waals surface area contributed by atoms with Gasteiger partial charge >= 0.3 is 6.36 Å². The highest BCUT2D eigenvalue weighted by molar-refractivity contribution is 6.12. The number of hydrogen-bond donors (Lipinski definition) is 2. The second-order valence-electron chi connectivity index (χ2n) is 6.82. The molecule has 7 heteroatoms. The van der Waals surface area contributed by atoms with Gasteiger partial charge in [0.05, 0.1) is 0 Å². The molecule has 0 saturated carbocycles. The third kappa shape index (κ3) is 3.08. The summed E-state index contributed by atoms with van der Waals surface area (Å²) in [5, 5.41) is 12.6. The first-order chi connectivity index (χ1) is 13.7. The average molecular weight is 399 g/mol. The summed E-state index contributed by atoms with van der Waals surface area (Å²) in [6, 6.07) is 17.0. The molecule has 4 rings (SSSR count). The smallest absolute Gasteiger partial charge is 0.508 e. The Morgan fingerprint density at radius 1 is 0.931 bits per heavy atom. The summed E-state index contributed by atoms with van der Waals surface area (Å²) in [5.41, 5.74) is 2.03. The maximum absolute atomic E-state index is 13.3. The van der Waals surface area contributed by atoms with Gasteiger partial charge < -0.3 is 15.2 Å². The van der Waals surface area contributed by atoms with Gasteiger partial charge in [0.15, 0.2) is 0 Å². The molecule has 3 aromatic carbocycles. The molecule has 1 amide bonds. The van der Waals surface area contributed by atoms with E-state index in [0.29, 0.717) is 22.4 Å². The average Bonchev–Trinajstić information content (AvgIpc) is 2.96. The molecule has 1 heterocycles. The molecule has 1 unspecified atom stereocenters. The van der Waals surface area contributed by atoms with Gasteiger partial charge in [-0.25, -0.2) is 0 Å². The molecule has 1 aliphatic rings. The Labute approximate surface area is 164 Å². The lowest BCUT2D eigenvalue weighted by Gasteiger charge is -2.29. The molecule has 29 heavy (non-hydrogen) atoms. The third-order valence-corrected chi connectivity index (χ3v) is 5.08. The van der Waals surface area contributed by atoms with Crippen molar-refractivity contribution in [3.05, 3.63) is 89.0 Å². The van der Waals surface area contributed by atoms with Crippen LogP contribution in [0.4, 0.5) is 18.9 Å². The highest BCUT2D eigenvalue weighted by atomic mass is 19.4. The van der Waals surface area contributed by atoms with Gasteiger partial charge in [0.2, 0.25) is 5.91 Å². The molecule has 0 radical (unpaired) electrons. The van der Waals surface area contributed by atoms with Crippen LogP contribution in [0.25, 0.3) is 0 Å². The summed E-state index contributed by atoms with van der Waals surface area (Å²) in [4.78, 5) is 13.3. The maximum Gasteiger partial charge on any atom is 0.573 e. The number of phenolic OH excluding ortho intramolecular Hbond substituents is 1. The summed E-state index contributed by atoms with van der Waals surface area (Å²) in [5.74, 6) is -0.650. The number of hydrogen-bond acceptors (Lipinski definition) is 3. The number of benzene rings is 3. The van der Waals surface area contributed by atoms with Crippen LogP contribution in [0.1, 0.15) is 22.3 Å². The number of aromatic hydroxyl groups is 1. The third-order valence-electron chi connectivity index (χ3n) is 5.08. The minimum atomic E-state index is -4.80. The largest absolute Gasteiger partial charge is 0.573 e. The Morgan fingerprint density at radius 2 is 1.52 bits per heavy atom. The fourth-order valence-electron chi connectivity index (χ4n) is 3.83. The van der Waals surface area contributed by atoms with Crippen LogP contribution in [0.3, 0.4) is 0 Å². The van der Waals surface area contributed by atoms with Crippen molar-refractivity contribution in [1.29, 1.82) is 0 Å². The van der Waals surface area contributed by atoms with Gasteiger partial charge in [0, 0.05) is 11.3 Å². The van der Waals surface area contributed by atoms with Gasteiger partial charge in [-0.3, -0.25) is 4.79 Å². The number of nitrogens with one attached hydrogen (secondary N) is 1. The Balaban J connectivity index is 1.93. The van der Waals surface area contributed by atoms with E-state index in [1.165, 1.54) is 36.4 Å². The number of fused-ring (bicyclic) bond motifs is 1. The molecule has 1 aliphatic heterocycles. The lowest BCUT2D eigenvalue weighted by atomic mass is 9.70. The van der Waals surface area contributed by atoms with Crippen LogP contribution < -0.4 is 10.1 Å². The minimum Gasteiger partial charge on any atom is -0.508 e. The molecule has 0 fully saturated rings. The second kappa shape index (κ2) is 6.55. The van der Waals surface area contributed by atoms with Gasteiger partial charge in [-0.1, -0.05) is 42.5 Å². The first-order valence-corrected chi connectivity index (χ1v) is 8.79. The predicted molar refractivity (Wildman–Crippen MR) is 101 cm³/mol. The van der Waals surface area contributed by atoms with Gasteiger partial charge in [0.1, 0.15) is 16.9 Å². The Hall–Kier alpha value is -3.48. The molecule has 3 aromatic rings. The van der Waals surface area contributed by atoms with E-state index in [0.717, 1.165) is 5.56 Å². The minimum absolute atomic E-state index is 0.0423. The van der Waals surface area contributed by atoms with Crippen molar-refractivity contribution in [2.75, 3.05) is 5.32 Å². The number of carbonyl (C=O) groups is 1. The lowest BCUT2D eigenvalue weighted by Crippen LogP contribution is -2.37. The van der Waals surface area contributed by atoms with Crippen LogP contribution in [0.2, 0.25) is 0 Å². The van der Waals surface area contributed by atoms with Crippen LogP contribution in [0, 0.1) is 6.92 Å². The Morgan fingerprint density at radius 3 is 2.10 bits per heavy atom. The predicted octanol–water partition coefficient (Wildman–Crippen LogP) is 4.89. The molecular formula is C22H16F3NO3. The molecule has 0 bridgehead atoms. The molecule has 4 nitrogen and oxygen atoms in total. The molecule has 0 aliphatic carbocycles. The van der Waals surface area contributed by atoms with E-state index in [4.69, 9.17) is 0 Å². The standard InChI is InChI=1S/C22H16F3NO3/c1-13-3-2-4-18-19(13)26-20(28)21(18,14-5-9-16(27)10-6-14)15-7-11-17(12-8-15)29-22(23,24)25/h2-12,27H,1H3,(H,26,28). The van der Waals surface area contributed by atoms with Crippen molar-refractivity contribution in [1.82, 2.24) is 0 Å². The number of halogens is 3. The van der Waals surface area contributed by atoms with E-state index >= 15 is 0 Å². The summed E-state index contributed by atoms with van der Waals surface area (Å²) in [6.45, 7) is 1.87. The van der Waals surface area contributed by atoms with Crippen molar-refractivity contribution in [3.8, 4) is 11.5 Å². The Bertz CT molecular complexity index is 1080. The van der Waals surface area contributed by atoms with Crippen LogP contribution in [-0.4, -0.2) is 17.4 Å². The SMILES string of the molecule is Cc1cccc2c1NC(=O)C2(c1ccc(O)cc1)c1ccc(OC(F)(F)F)cc1. The zero-order chi connectivity index (χ0) is 20.8. The molecule has 0 aromatic heterocycles. The number of anilines is 1. The number of rotatable bonds is 3. The van der Waals surface area contributed by atoms with Crippen molar-refractivity contribution in [2.24, 2.45) is 0 Å². The molecule has 148 valence electrons. The zero-order valence-corrected chi connectivity index (χ0v) is 15.2. The number of aryl methyl sites for hydroxylation is 1. The Kier molecular flexibility index (Phi) is 4.26. The van der Waals surface area contributed by atoms with Crippen molar-refractivity contribution in [3.63, 3.8) is 0 Å². The maximum atomic E-state index is 13.3. The quantitative estimate of drug-likeness (QED) is 0.660. The van der Waals surface area contributed by atoms with E-state index < -0.39 is 11.8 Å². The fraction of sp³-hybridized carbons (Fsp3) is 0.136.